The number of nitrogens with one attached hydrogen (secondary N) is 1. The SMILES string of the molecule is CC1(C)C(N)CC1NC(=O)CC(F)(F)F. The van der Waals surface area contributed by atoms with Crippen molar-refractivity contribution in [3.63, 3.8) is 0 Å². The first kappa shape index (κ1) is 12.3. The van der Waals surface area contributed by atoms with Crippen LogP contribution in [-0.2, 0) is 4.79 Å². The summed E-state index contributed by atoms with van der Waals surface area (Å²) in [6, 6.07) is -0.309. The van der Waals surface area contributed by atoms with Crippen LogP contribution in [-0.4, -0.2) is 24.2 Å². The van der Waals surface area contributed by atoms with E-state index in [0.717, 1.165) is 0 Å². The Morgan fingerprint density at radius 3 is 2.40 bits per heavy atom. The molecule has 15 heavy (non-hydrogen) atoms. The fourth-order valence-corrected chi connectivity index (χ4v) is 1.63. The molecule has 0 spiro atoms. The van der Waals surface area contributed by atoms with E-state index in [4.69, 9.17) is 5.73 Å². The molecule has 1 amide bonds. The van der Waals surface area contributed by atoms with E-state index in [2.05, 4.69) is 5.32 Å². The number of carbonyl (C=O) groups excluding carboxylic acids is 1. The zero-order valence-electron chi connectivity index (χ0n) is 8.69. The van der Waals surface area contributed by atoms with Crippen LogP contribution in [0.15, 0.2) is 0 Å². The van der Waals surface area contributed by atoms with E-state index in [9.17, 15) is 18.0 Å². The number of hydrogen-bond donors (Lipinski definition) is 2. The summed E-state index contributed by atoms with van der Waals surface area (Å²) in [5.74, 6) is -0.979. The van der Waals surface area contributed by atoms with Crippen molar-refractivity contribution in [3.8, 4) is 0 Å². The highest BCUT2D eigenvalue weighted by Gasteiger charge is 2.47. The number of hydrogen-bond acceptors (Lipinski definition) is 2. The molecule has 1 aliphatic rings. The summed E-state index contributed by atoms with van der Waals surface area (Å²) in [5.41, 5.74) is 5.36. The van der Waals surface area contributed by atoms with Crippen molar-refractivity contribution in [3.05, 3.63) is 0 Å². The van der Waals surface area contributed by atoms with Crippen LogP contribution in [0.3, 0.4) is 0 Å². The fourth-order valence-electron chi connectivity index (χ4n) is 1.63. The Balaban J connectivity index is 2.41. The van der Waals surface area contributed by atoms with Gasteiger partial charge in [0.15, 0.2) is 0 Å². The zero-order valence-corrected chi connectivity index (χ0v) is 8.69. The maximum Gasteiger partial charge on any atom is 0.397 e. The van der Waals surface area contributed by atoms with Gasteiger partial charge in [0.25, 0.3) is 0 Å². The Kier molecular flexibility index (Phi) is 3.00. The van der Waals surface area contributed by atoms with E-state index in [-0.39, 0.29) is 17.5 Å². The van der Waals surface area contributed by atoms with Gasteiger partial charge in [0.05, 0.1) is 0 Å². The molecule has 1 fully saturated rings. The topological polar surface area (TPSA) is 55.1 Å². The maximum absolute atomic E-state index is 11.9. The molecule has 0 heterocycles. The zero-order chi connectivity index (χ0) is 11.9. The van der Waals surface area contributed by atoms with Gasteiger partial charge in [-0.25, -0.2) is 0 Å². The molecular weight excluding hydrogens is 209 g/mol. The third-order valence-electron chi connectivity index (χ3n) is 3.04. The summed E-state index contributed by atoms with van der Waals surface area (Å²) in [7, 11) is 0. The molecule has 0 aliphatic heterocycles. The van der Waals surface area contributed by atoms with Crippen LogP contribution in [0.5, 0.6) is 0 Å². The molecule has 1 rings (SSSR count). The molecule has 0 saturated heterocycles. The van der Waals surface area contributed by atoms with Crippen LogP contribution in [0.4, 0.5) is 13.2 Å². The van der Waals surface area contributed by atoms with Gasteiger partial charge in [0, 0.05) is 17.5 Å². The van der Waals surface area contributed by atoms with Crippen LogP contribution < -0.4 is 11.1 Å². The van der Waals surface area contributed by atoms with Crippen LogP contribution in [0.1, 0.15) is 26.7 Å². The van der Waals surface area contributed by atoms with Crippen molar-refractivity contribution in [2.24, 2.45) is 11.1 Å². The lowest BCUT2D eigenvalue weighted by Crippen LogP contribution is -2.64. The van der Waals surface area contributed by atoms with E-state index in [1.165, 1.54) is 0 Å². The Labute approximate surface area is 86.2 Å². The molecule has 0 radical (unpaired) electrons. The average Bonchev–Trinajstić information content (AvgIpc) is 2.00. The third-order valence-corrected chi connectivity index (χ3v) is 3.04. The molecular formula is C9H15F3N2O. The summed E-state index contributed by atoms with van der Waals surface area (Å²) < 4.78 is 35.6. The first-order valence-electron chi connectivity index (χ1n) is 4.74. The van der Waals surface area contributed by atoms with Gasteiger partial charge >= 0.3 is 6.18 Å². The minimum absolute atomic E-state index is 0.0614. The monoisotopic (exact) mass is 224 g/mol. The highest BCUT2D eigenvalue weighted by atomic mass is 19.4. The molecule has 3 nitrogen and oxygen atoms in total. The highest BCUT2D eigenvalue weighted by Crippen LogP contribution is 2.39. The fraction of sp³-hybridized carbons (Fsp3) is 0.889. The quantitative estimate of drug-likeness (QED) is 0.740. The minimum Gasteiger partial charge on any atom is -0.352 e. The lowest BCUT2D eigenvalue weighted by molar-refractivity contribution is -0.155. The van der Waals surface area contributed by atoms with E-state index >= 15 is 0 Å². The Morgan fingerprint density at radius 2 is 2.07 bits per heavy atom. The summed E-state index contributed by atoms with van der Waals surface area (Å²) in [5, 5.41) is 2.35. The van der Waals surface area contributed by atoms with Crippen molar-refractivity contribution < 1.29 is 18.0 Å². The van der Waals surface area contributed by atoms with Crippen LogP contribution in [0.2, 0.25) is 0 Å². The normalized spacial score (nSPS) is 29.5. The Hall–Kier alpha value is -0.780. The Bertz CT molecular complexity index is 263. The molecule has 0 aromatic heterocycles. The number of carbonyl (C=O) groups is 1. The largest absolute Gasteiger partial charge is 0.397 e. The molecule has 88 valence electrons. The van der Waals surface area contributed by atoms with Crippen molar-refractivity contribution in [2.75, 3.05) is 0 Å². The van der Waals surface area contributed by atoms with Crippen molar-refractivity contribution in [2.45, 2.75) is 44.9 Å². The summed E-state index contributed by atoms with van der Waals surface area (Å²) in [4.78, 5) is 11.0. The standard InChI is InChI=1S/C9H15F3N2O/c1-8(2)5(13)3-6(8)14-7(15)4-9(10,11)12/h5-6H,3-4,13H2,1-2H3,(H,14,15). The molecule has 1 aliphatic carbocycles. The van der Waals surface area contributed by atoms with Gasteiger partial charge in [-0.2, -0.15) is 13.2 Å². The van der Waals surface area contributed by atoms with E-state index in [1.807, 2.05) is 13.8 Å². The first-order chi connectivity index (χ1) is 6.63. The molecule has 6 heteroatoms. The Morgan fingerprint density at radius 1 is 1.53 bits per heavy atom. The van der Waals surface area contributed by atoms with Crippen molar-refractivity contribution in [1.82, 2.24) is 5.32 Å². The second kappa shape index (κ2) is 3.66. The number of rotatable bonds is 2. The van der Waals surface area contributed by atoms with Gasteiger partial charge in [-0.1, -0.05) is 13.8 Å². The number of alkyl halides is 3. The van der Waals surface area contributed by atoms with Gasteiger partial charge in [0.2, 0.25) is 5.91 Å². The minimum atomic E-state index is -4.44. The smallest absolute Gasteiger partial charge is 0.352 e. The van der Waals surface area contributed by atoms with Gasteiger partial charge in [-0.15, -0.1) is 0 Å². The van der Waals surface area contributed by atoms with Gasteiger partial charge < -0.3 is 11.1 Å². The van der Waals surface area contributed by atoms with Crippen LogP contribution in [0, 0.1) is 5.41 Å². The second-order valence-electron chi connectivity index (χ2n) is 4.58. The predicted octanol–water partition coefficient (Wildman–Crippen LogP) is 1.18. The molecule has 0 aromatic carbocycles. The van der Waals surface area contributed by atoms with Gasteiger partial charge in [-0.05, 0) is 6.42 Å². The molecule has 3 N–H and O–H groups in total. The molecule has 0 aromatic rings. The number of nitrogens with two attached hydrogens (primary N) is 1. The molecule has 2 unspecified atom stereocenters. The summed E-state index contributed by atoms with van der Waals surface area (Å²) in [6.45, 7) is 3.67. The summed E-state index contributed by atoms with van der Waals surface area (Å²) in [6.07, 6.45) is -5.33. The molecule has 0 bridgehead atoms. The molecule has 2 atom stereocenters. The number of amides is 1. The van der Waals surface area contributed by atoms with Gasteiger partial charge in [0.1, 0.15) is 6.42 Å². The first-order valence-corrected chi connectivity index (χ1v) is 4.74. The molecule has 1 saturated carbocycles. The third kappa shape index (κ3) is 2.84. The lowest BCUT2D eigenvalue weighted by atomic mass is 9.63. The van der Waals surface area contributed by atoms with Crippen molar-refractivity contribution >= 4 is 5.91 Å². The van der Waals surface area contributed by atoms with Gasteiger partial charge in [-0.3, -0.25) is 4.79 Å². The van der Waals surface area contributed by atoms with E-state index < -0.39 is 18.5 Å². The van der Waals surface area contributed by atoms with Crippen LogP contribution >= 0.6 is 0 Å². The van der Waals surface area contributed by atoms with E-state index in [0.29, 0.717) is 6.42 Å². The predicted molar refractivity (Wildman–Crippen MR) is 49.0 cm³/mol. The maximum atomic E-state index is 11.9. The lowest BCUT2D eigenvalue weighted by Gasteiger charge is -2.50. The summed E-state index contributed by atoms with van der Waals surface area (Å²) >= 11 is 0. The average molecular weight is 224 g/mol. The second-order valence-corrected chi connectivity index (χ2v) is 4.58. The van der Waals surface area contributed by atoms with Crippen LogP contribution in [0.25, 0.3) is 0 Å². The number of halogens is 3. The van der Waals surface area contributed by atoms with E-state index in [1.54, 1.807) is 0 Å². The highest BCUT2D eigenvalue weighted by molar-refractivity contribution is 5.77. The van der Waals surface area contributed by atoms with Crippen molar-refractivity contribution in [1.29, 1.82) is 0 Å².